The Hall–Kier alpha value is -2.81. The molecule has 124 valence electrons. The molecule has 0 saturated carbocycles. The predicted molar refractivity (Wildman–Crippen MR) is 95.0 cm³/mol. The van der Waals surface area contributed by atoms with E-state index < -0.39 is 4.92 Å². The molecule has 0 atom stereocenters. The van der Waals surface area contributed by atoms with Gasteiger partial charge in [-0.15, -0.1) is 0 Å². The molecular weight excluding hydrogens is 328 g/mol. The summed E-state index contributed by atoms with van der Waals surface area (Å²) in [5, 5.41) is 18.0. The minimum absolute atomic E-state index is 0.112. The number of anilines is 3. The van der Waals surface area contributed by atoms with Crippen molar-refractivity contribution in [3.05, 3.63) is 40.7 Å². The summed E-state index contributed by atoms with van der Waals surface area (Å²) in [6.07, 6.45) is 1.29. The topological polar surface area (TPSA) is 106 Å². The number of para-hydroxylation sites is 1. The van der Waals surface area contributed by atoms with Crippen LogP contribution in [0.25, 0.3) is 10.2 Å². The van der Waals surface area contributed by atoms with Gasteiger partial charge in [0, 0.05) is 5.54 Å². The van der Waals surface area contributed by atoms with Crippen LogP contribution in [0.5, 0.6) is 0 Å². The number of rotatable bonds is 4. The number of hydrogen-bond donors (Lipinski definition) is 2. The molecule has 0 spiro atoms. The Balaban J connectivity index is 2.00. The van der Waals surface area contributed by atoms with Gasteiger partial charge in [0.25, 0.3) is 0 Å². The van der Waals surface area contributed by atoms with Crippen LogP contribution in [0.4, 0.5) is 22.5 Å². The van der Waals surface area contributed by atoms with E-state index in [4.69, 9.17) is 0 Å². The average Bonchev–Trinajstić information content (AvgIpc) is 2.87. The minimum Gasteiger partial charge on any atom is -0.360 e. The first-order chi connectivity index (χ1) is 11.3. The zero-order valence-electron chi connectivity index (χ0n) is 13.4. The fourth-order valence-corrected chi connectivity index (χ4v) is 2.98. The Morgan fingerprint density at radius 1 is 1.17 bits per heavy atom. The first kappa shape index (κ1) is 16.1. The maximum Gasteiger partial charge on any atom is 0.353 e. The van der Waals surface area contributed by atoms with E-state index in [1.807, 2.05) is 45.0 Å². The summed E-state index contributed by atoms with van der Waals surface area (Å²) in [6, 6.07) is 7.64. The highest BCUT2D eigenvalue weighted by Gasteiger charge is 2.26. The standard InChI is InChI=1S/C15H16N6O2S/c1-15(2,3)20-13-11(21(22)23)12(16-8-17-13)19-14-18-9-6-4-5-7-10(9)24-14/h4-8H,1-3H3,(H2,16,17,18,19,20). The van der Waals surface area contributed by atoms with E-state index in [1.54, 1.807) is 0 Å². The fraction of sp³-hybridized carbons (Fsp3) is 0.267. The van der Waals surface area contributed by atoms with Gasteiger partial charge in [0.1, 0.15) is 6.33 Å². The first-order valence-corrected chi connectivity index (χ1v) is 8.05. The number of nitrogens with zero attached hydrogens (tertiary/aromatic N) is 4. The SMILES string of the molecule is CC(C)(C)Nc1ncnc(Nc2nc3ccccc3s2)c1[N+](=O)[O-]. The van der Waals surface area contributed by atoms with Gasteiger partial charge >= 0.3 is 5.69 Å². The van der Waals surface area contributed by atoms with Crippen LogP contribution in [0.2, 0.25) is 0 Å². The van der Waals surface area contributed by atoms with Crippen molar-refractivity contribution in [2.24, 2.45) is 0 Å². The molecule has 8 nitrogen and oxygen atoms in total. The lowest BCUT2D eigenvalue weighted by atomic mass is 10.1. The van der Waals surface area contributed by atoms with E-state index in [1.165, 1.54) is 17.7 Å². The minimum atomic E-state index is -0.496. The van der Waals surface area contributed by atoms with Gasteiger partial charge in [-0.25, -0.2) is 15.0 Å². The first-order valence-electron chi connectivity index (χ1n) is 7.24. The Labute approximate surface area is 142 Å². The van der Waals surface area contributed by atoms with Gasteiger partial charge in [0.05, 0.1) is 15.1 Å². The summed E-state index contributed by atoms with van der Waals surface area (Å²) in [6.45, 7) is 5.71. The molecule has 0 aliphatic heterocycles. The molecule has 3 aromatic rings. The van der Waals surface area contributed by atoms with E-state index in [2.05, 4.69) is 25.6 Å². The highest BCUT2D eigenvalue weighted by molar-refractivity contribution is 7.22. The number of nitrogens with one attached hydrogen (secondary N) is 2. The maximum absolute atomic E-state index is 11.5. The second kappa shape index (κ2) is 6.00. The number of aromatic nitrogens is 3. The molecule has 2 N–H and O–H groups in total. The third-order valence-electron chi connectivity index (χ3n) is 3.02. The molecule has 3 rings (SSSR count). The molecule has 2 aromatic heterocycles. The zero-order chi connectivity index (χ0) is 17.3. The van der Waals surface area contributed by atoms with Crippen molar-refractivity contribution in [2.45, 2.75) is 26.3 Å². The molecule has 0 unspecified atom stereocenters. The quantitative estimate of drug-likeness (QED) is 0.545. The molecule has 0 fully saturated rings. The van der Waals surface area contributed by atoms with Gasteiger partial charge in [0.15, 0.2) is 5.13 Å². The van der Waals surface area contributed by atoms with Crippen LogP contribution in [0.3, 0.4) is 0 Å². The van der Waals surface area contributed by atoms with Crippen LogP contribution in [0, 0.1) is 10.1 Å². The number of benzene rings is 1. The molecule has 0 radical (unpaired) electrons. The van der Waals surface area contributed by atoms with Crippen LogP contribution in [0.1, 0.15) is 20.8 Å². The summed E-state index contributed by atoms with van der Waals surface area (Å²) in [5.74, 6) is 0.284. The number of thiazole rings is 1. The lowest BCUT2D eigenvalue weighted by molar-refractivity contribution is -0.383. The molecule has 0 saturated heterocycles. The molecule has 2 heterocycles. The third kappa shape index (κ3) is 3.40. The van der Waals surface area contributed by atoms with E-state index in [0.717, 1.165) is 10.2 Å². The summed E-state index contributed by atoms with van der Waals surface area (Å²) in [4.78, 5) is 23.5. The van der Waals surface area contributed by atoms with Gasteiger partial charge in [-0.1, -0.05) is 23.5 Å². The van der Waals surface area contributed by atoms with Gasteiger partial charge in [-0.3, -0.25) is 10.1 Å². The van der Waals surface area contributed by atoms with Crippen molar-refractivity contribution < 1.29 is 4.92 Å². The zero-order valence-corrected chi connectivity index (χ0v) is 14.2. The van der Waals surface area contributed by atoms with E-state index in [-0.39, 0.29) is 22.9 Å². The Kier molecular flexibility index (Phi) is 4.02. The number of fused-ring (bicyclic) bond motifs is 1. The molecule has 0 aliphatic carbocycles. The van der Waals surface area contributed by atoms with E-state index >= 15 is 0 Å². The van der Waals surface area contributed by atoms with Gasteiger partial charge in [-0.2, -0.15) is 0 Å². The smallest absolute Gasteiger partial charge is 0.353 e. The van der Waals surface area contributed by atoms with Crippen LogP contribution in [-0.2, 0) is 0 Å². The summed E-state index contributed by atoms with van der Waals surface area (Å²) in [7, 11) is 0. The van der Waals surface area contributed by atoms with Gasteiger partial charge in [-0.05, 0) is 32.9 Å². The lowest BCUT2D eigenvalue weighted by Crippen LogP contribution is -2.27. The Morgan fingerprint density at radius 3 is 2.54 bits per heavy atom. The van der Waals surface area contributed by atoms with Crippen molar-refractivity contribution in [3.63, 3.8) is 0 Å². The molecular formula is C15H16N6O2S. The van der Waals surface area contributed by atoms with Crippen LogP contribution < -0.4 is 10.6 Å². The normalized spacial score (nSPS) is 11.5. The Bertz CT molecular complexity index is 869. The highest BCUT2D eigenvalue weighted by Crippen LogP contribution is 2.34. The predicted octanol–water partition coefficient (Wildman–Crippen LogP) is 3.95. The molecule has 1 aromatic carbocycles. The number of hydrogen-bond acceptors (Lipinski definition) is 8. The second-order valence-electron chi connectivity index (χ2n) is 6.16. The van der Waals surface area contributed by atoms with Gasteiger partial charge < -0.3 is 10.6 Å². The highest BCUT2D eigenvalue weighted by atomic mass is 32.1. The summed E-state index contributed by atoms with van der Waals surface area (Å²) < 4.78 is 0.991. The lowest BCUT2D eigenvalue weighted by Gasteiger charge is -2.21. The third-order valence-corrected chi connectivity index (χ3v) is 3.97. The molecule has 9 heteroatoms. The van der Waals surface area contributed by atoms with Crippen molar-refractivity contribution in [1.82, 2.24) is 15.0 Å². The van der Waals surface area contributed by atoms with Gasteiger partial charge in [0.2, 0.25) is 11.6 Å². The van der Waals surface area contributed by atoms with Crippen LogP contribution in [0.15, 0.2) is 30.6 Å². The van der Waals surface area contributed by atoms with Crippen LogP contribution >= 0.6 is 11.3 Å². The van der Waals surface area contributed by atoms with Crippen molar-refractivity contribution >= 4 is 44.0 Å². The molecule has 0 aliphatic rings. The van der Waals surface area contributed by atoms with E-state index in [9.17, 15) is 10.1 Å². The van der Waals surface area contributed by atoms with Crippen molar-refractivity contribution in [2.75, 3.05) is 10.6 Å². The molecule has 24 heavy (non-hydrogen) atoms. The van der Waals surface area contributed by atoms with Crippen molar-refractivity contribution in [1.29, 1.82) is 0 Å². The molecule has 0 bridgehead atoms. The largest absolute Gasteiger partial charge is 0.360 e. The summed E-state index contributed by atoms with van der Waals surface area (Å²) in [5.41, 5.74) is 0.258. The maximum atomic E-state index is 11.5. The van der Waals surface area contributed by atoms with E-state index in [0.29, 0.717) is 5.13 Å². The summed E-state index contributed by atoms with van der Waals surface area (Å²) >= 11 is 1.41. The number of nitro groups is 1. The fourth-order valence-electron chi connectivity index (χ4n) is 2.12. The molecule has 0 amide bonds. The Morgan fingerprint density at radius 2 is 1.88 bits per heavy atom. The second-order valence-corrected chi connectivity index (χ2v) is 7.19. The van der Waals surface area contributed by atoms with Crippen molar-refractivity contribution in [3.8, 4) is 0 Å². The van der Waals surface area contributed by atoms with Crippen LogP contribution in [-0.4, -0.2) is 25.4 Å². The average molecular weight is 344 g/mol. The monoisotopic (exact) mass is 344 g/mol.